The molecule has 2 aliphatic rings. The summed E-state index contributed by atoms with van der Waals surface area (Å²) in [6.07, 6.45) is 6.62. The third-order valence-electron chi connectivity index (χ3n) is 6.42. The van der Waals surface area contributed by atoms with Gasteiger partial charge in [-0.2, -0.15) is 0 Å². The molecule has 172 valence electrons. The minimum absolute atomic E-state index is 0.0592. The standard InChI is InChI=1S/C23H21FN2O2.C4H9N/c1-4-15-11-18(16-6-5-9-25-20(16)12-15)23(7-8-23)26-22(27)17-13-21(28-3)19(24)10-14(17)2;1-5-3-2-4-5/h4-6,9-13H,1,7-8H2,2-3H3,(H,26,27);2-4H2,1H3. The van der Waals surface area contributed by atoms with Gasteiger partial charge < -0.3 is 15.0 Å². The maximum atomic E-state index is 13.9. The topological polar surface area (TPSA) is 54.5 Å². The zero-order valence-corrected chi connectivity index (χ0v) is 19.5. The number of methoxy groups -OCH3 is 1. The average Bonchev–Trinajstić information content (AvgIpc) is 3.57. The third kappa shape index (κ3) is 4.76. The Morgan fingerprint density at radius 3 is 2.58 bits per heavy atom. The third-order valence-corrected chi connectivity index (χ3v) is 6.42. The molecule has 0 spiro atoms. The fourth-order valence-electron chi connectivity index (χ4n) is 4.12. The summed E-state index contributed by atoms with van der Waals surface area (Å²) in [5, 5.41) is 4.19. The number of hydrogen-bond acceptors (Lipinski definition) is 4. The van der Waals surface area contributed by atoms with E-state index in [1.807, 2.05) is 18.2 Å². The summed E-state index contributed by atoms with van der Waals surface area (Å²) >= 11 is 0. The van der Waals surface area contributed by atoms with Crippen molar-refractivity contribution in [1.29, 1.82) is 0 Å². The molecule has 0 bridgehead atoms. The van der Waals surface area contributed by atoms with Crippen LogP contribution in [0.2, 0.25) is 0 Å². The summed E-state index contributed by atoms with van der Waals surface area (Å²) in [5.41, 5.74) is 3.39. The number of likely N-dealkylation sites (tertiary alicyclic amines) is 1. The molecule has 1 aliphatic heterocycles. The van der Waals surface area contributed by atoms with Crippen LogP contribution in [0.5, 0.6) is 5.75 Å². The Bertz CT molecular complexity index is 1200. The monoisotopic (exact) mass is 447 g/mol. The molecule has 1 aromatic heterocycles. The predicted molar refractivity (Wildman–Crippen MR) is 130 cm³/mol. The first-order valence-electron chi connectivity index (χ1n) is 11.2. The van der Waals surface area contributed by atoms with Crippen LogP contribution in [0.3, 0.4) is 0 Å². The molecule has 33 heavy (non-hydrogen) atoms. The quantitative estimate of drug-likeness (QED) is 0.593. The van der Waals surface area contributed by atoms with E-state index in [2.05, 4.69) is 34.9 Å². The van der Waals surface area contributed by atoms with Gasteiger partial charge >= 0.3 is 0 Å². The summed E-state index contributed by atoms with van der Waals surface area (Å²) in [5.74, 6) is -0.660. The first kappa shape index (κ1) is 22.9. The number of hydrogen-bond donors (Lipinski definition) is 1. The second kappa shape index (κ2) is 9.32. The molecule has 5 nitrogen and oxygen atoms in total. The summed E-state index contributed by atoms with van der Waals surface area (Å²) in [6, 6.07) is 10.7. The molecule has 6 heteroatoms. The van der Waals surface area contributed by atoms with Crippen LogP contribution >= 0.6 is 0 Å². The van der Waals surface area contributed by atoms with Gasteiger partial charge in [-0.25, -0.2) is 4.39 Å². The predicted octanol–water partition coefficient (Wildman–Crippen LogP) is 5.07. The summed E-state index contributed by atoms with van der Waals surface area (Å²) in [4.78, 5) is 19.8. The Morgan fingerprint density at radius 2 is 2.00 bits per heavy atom. The Morgan fingerprint density at radius 1 is 1.27 bits per heavy atom. The number of pyridine rings is 1. The first-order valence-corrected chi connectivity index (χ1v) is 11.2. The molecule has 0 radical (unpaired) electrons. The van der Waals surface area contributed by atoms with E-state index in [4.69, 9.17) is 4.74 Å². The number of halogens is 1. The Hall–Kier alpha value is -3.25. The van der Waals surface area contributed by atoms with E-state index in [1.54, 1.807) is 19.2 Å². The molecule has 1 aliphatic carbocycles. The van der Waals surface area contributed by atoms with Crippen molar-refractivity contribution in [3.05, 3.63) is 77.2 Å². The Labute approximate surface area is 194 Å². The Kier molecular flexibility index (Phi) is 6.47. The molecule has 3 aromatic rings. The smallest absolute Gasteiger partial charge is 0.252 e. The molecule has 2 heterocycles. The van der Waals surface area contributed by atoms with Crippen LogP contribution < -0.4 is 10.1 Å². The Balaban J connectivity index is 0.000000459. The highest BCUT2D eigenvalue weighted by atomic mass is 19.1. The van der Waals surface area contributed by atoms with Gasteiger partial charge in [-0.05, 0) is 93.3 Å². The van der Waals surface area contributed by atoms with E-state index < -0.39 is 11.4 Å². The number of carbonyl (C=O) groups excluding carboxylic acids is 1. The number of benzene rings is 2. The van der Waals surface area contributed by atoms with Crippen molar-refractivity contribution in [2.45, 2.75) is 31.7 Å². The van der Waals surface area contributed by atoms with Gasteiger partial charge in [0.05, 0.1) is 18.2 Å². The minimum atomic E-state index is -0.478. The zero-order valence-electron chi connectivity index (χ0n) is 19.5. The summed E-state index contributed by atoms with van der Waals surface area (Å²) < 4.78 is 18.9. The van der Waals surface area contributed by atoms with Crippen LogP contribution in [0.4, 0.5) is 4.39 Å². The van der Waals surface area contributed by atoms with Crippen LogP contribution in [0.15, 0.2) is 49.2 Å². The zero-order chi connectivity index (χ0) is 23.6. The average molecular weight is 448 g/mol. The van der Waals surface area contributed by atoms with Gasteiger partial charge in [-0.1, -0.05) is 18.7 Å². The minimum Gasteiger partial charge on any atom is -0.494 e. The number of nitrogens with one attached hydrogen (secondary N) is 1. The van der Waals surface area contributed by atoms with Crippen LogP contribution in [0.25, 0.3) is 17.0 Å². The van der Waals surface area contributed by atoms with Crippen LogP contribution in [0.1, 0.15) is 46.3 Å². The largest absolute Gasteiger partial charge is 0.494 e. The van der Waals surface area contributed by atoms with Crippen LogP contribution in [-0.2, 0) is 5.54 Å². The van der Waals surface area contributed by atoms with Crippen molar-refractivity contribution in [1.82, 2.24) is 15.2 Å². The van der Waals surface area contributed by atoms with Crippen LogP contribution in [0, 0.1) is 12.7 Å². The number of carbonyl (C=O) groups is 1. The van der Waals surface area contributed by atoms with E-state index in [0.717, 1.165) is 34.9 Å². The first-order chi connectivity index (χ1) is 15.9. The fraction of sp³-hybridized carbons (Fsp3) is 0.333. The van der Waals surface area contributed by atoms with Crippen molar-refractivity contribution in [2.24, 2.45) is 0 Å². The molecule has 0 unspecified atom stereocenters. The van der Waals surface area contributed by atoms with Crippen molar-refractivity contribution in [3.8, 4) is 5.75 Å². The molecule has 1 saturated carbocycles. The van der Waals surface area contributed by atoms with Crippen LogP contribution in [-0.4, -0.2) is 43.0 Å². The van der Waals surface area contributed by atoms with E-state index >= 15 is 0 Å². The molecule has 2 fully saturated rings. The van der Waals surface area contributed by atoms with Gasteiger partial charge in [0, 0.05) is 17.1 Å². The van der Waals surface area contributed by atoms with Gasteiger partial charge in [-0.15, -0.1) is 0 Å². The molecule has 1 N–H and O–H groups in total. The number of fused-ring (bicyclic) bond motifs is 1. The van der Waals surface area contributed by atoms with Gasteiger partial charge in [0.2, 0.25) is 0 Å². The number of ether oxygens (including phenoxy) is 1. The van der Waals surface area contributed by atoms with Gasteiger partial charge in [-0.3, -0.25) is 9.78 Å². The number of aryl methyl sites for hydroxylation is 1. The van der Waals surface area contributed by atoms with Crippen molar-refractivity contribution >= 4 is 22.9 Å². The normalized spacial score (nSPS) is 16.2. The van der Waals surface area contributed by atoms with Crippen molar-refractivity contribution in [2.75, 3.05) is 27.2 Å². The highest BCUT2D eigenvalue weighted by Crippen LogP contribution is 2.48. The lowest BCUT2D eigenvalue weighted by Crippen LogP contribution is -2.35. The van der Waals surface area contributed by atoms with E-state index in [0.29, 0.717) is 11.1 Å². The maximum Gasteiger partial charge on any atom is 0.252 e. The van der Waals surface area contributed by atoms with Crippen molar-refractivity contribution in [3.63, 3.8) is 0 Å². The SMILES string of the molecule is C=Cc1cc(C2(NC(=O)c3cc(OC)c(F)cc3C)CC2)c2cccnc2c1.CN1CCC1. The highest BCUT2D eigenvalue weighted by molar-refractivity contribution is 5.97. The highest BCUT2D eigenvalue weighted by Gasteiger charge is 2.47. The molecule has 5 rings (SSSR count). The van der Waals surface area contributed by atoms with E-state index in [-0.39, 0.29) is 11.7 Å². The second-order valence-corrected chi connectivity index (χ2v) is 8.84. The molecule has 0 atom stereocenters. The fourth-order valence-corrected chi connectivity index (χ4v) is 4.12. The van der Waals surface area contributed by atoms with Gasteiger partial charge in [0.15, 0.2) is 11.6 Å². The van der Waals surface area contributed by atoms with E-state index in [9.17, 15) is 9.18 Å². The van der Waals surface area contributed by atoms with Crippen molar-refractivity contribution < 1.29 is 13.9 Å². The number of nitrogens with zero attached hydrogens (tertiary/aromatic N) is 2. The summed E-state index contributed by atoms with van der Waals surface area (Å²) in [6.45, 7) is 8.22. The van der Waals surface area contributed by atoms with E-state index in [1.165, 1.54) is 38.8 Å². The lowest BCUT2D eigenvalue weighted by atomic mass is 9.95. The molecule has 2 aromatic carbocycles. The lowest BCUT2D eigenvalue weighted by molar-refractivity contribution is 0.0930. The second-order valence-electron chi connectivity index (χ2n) is 8.84. The number of amides is 1. The van der Waals surface area contributed by atoms with Gasteiger partial charge in [0.1, 0.15) is 0 Å². The molecule has 1 saturated heterocycles. The molecule has 1 amide bonds. The lowest BCUT2D eigenvalue weighted by Gasteiger charge is -2.24. The van der Waals surface area contributed by atoms with Gasteiger partial charge in [0.25, 0.3) is 5.91 Å². The summed E-state index contributed by atoms with van der Waals surface area (Å²) in [7, 11) is 3.53. The number of aromatic nitrogens is 1. The number of rotatable bonds is 5. The molecular weight excluding hydrogens is 417 g/mol. The molecular formula is C27H30FN3O2. The maximum absolute atomic E-state index is 13.9.